The molecule has 2 aromatic rings. The van der Waals surface area contributed by atoms with E-state index in [1.807, 2.05) is 12.1 Å². The third kappa shape index (κ3) is 2.62. The first-order valence-electron chi connectivity index (χ1n) is 5.41. The van der Waals surface area contributed by atoms with Crippen molar-refractivity contribution in [3.63, 3.8) is 0 Å². The van der Waals surface area contributed by atoms with Crippen molar-refractivity contribution in [3.8, 4) is 11.1 Å². The Hall–Kier alpha value is -2.03. The quantitative estimate of drug-likeness (QED) is 0.700. The lowest BCUT2D eigenvalue weighted by atomic mass is 10.0. The monoisotopic (exact) mass is 248 g/mol. The van der Waals surface area contributed by atoms with E-state index in [1.54, 1.807) is 24.3 Å². The van der Waals surface area contributed by atoms with Crippen molar-refractivity contribution >= 4 is 6.08 Å². The van der Waals surface area contributed by atoms with Gasteiger partial charge < -0.3 is 0 Å². The maximum absolute atomic E-state index is 12.6. The molecular formula is C15H11F3. The van der Waals surface area contributed by atoms with Crippen LogP contribution in [0.25, 0.3) is 17.2 Å². The molecule has 0 saturated heterocycles. The van der Waals surface area contributed by atoms with Gasteiger partial charge in [-0.15, -0.1) is 0 Å². The second-order valence-corrected chi connectivity index (χ2v) is 3.90. The van der Waals surface area contributed by atoms with Crippen LogP contribution in [-0.2, 0) is 6.18 Å². The van der Waals surface area contributed by atoms with E-state index in [4.69, 9.17) is 0 Å². The normalized spacial score (nSPS) is 11.3. The van der Waals surface area contributed by atoms with Gasteiger partial charge >= 0.3 is 6.18 Å². The minimum Gasteiger partial charge on any atom is -0.166 e. The Morgan fingerprint density at radius 2 is 1.56 bits per heavy atom. The predicted octanol–water partition coefficient (Wildman–Crippen LogP) is 5.02. The highest BCUT2D eigenvalue weighted by Gasteiger charge is 2.30. The highest BCUT2D eigenvalue weighted by molar-refractivity contribution is 5.66. The van der Waals surface area contributed by atoms with Gasteiger partial charge in [-0.25, -0.2) is 0 Å². The molecule has 0 N–H and O–H groups in total. The lowest BCUT2D eigenvalue weighted by molar-refractivity contribution is -0.137. The number of alkyl halides is 3. The van der Waals surface area contributed by atoms with Crippen molar-refractivity contribution in [3.05, 3.63) is 66.2 Å². The van der Waals surface area contributed by atoms with E-state index >= 15 is 0 Å². The summed E-state index contributed by atoms with van der Waals surface area (Å²) in [6, 6.07) is 12.5. The number of hydrogen-bond donors (Lipinski definition) is 0. The molecule has 0 nitrogen and oxygen atoms in total. The average Bonchev–Trinajstić information content (AvgIpc) is 2.38. The Morgan fingerprint density at radius 3 is 2.11 bits per heavy atom. The highest BCUT2D eigenvalue weighted by atomic mass is 19.4. The predicted molar refractivity (Wildman–Crippen MR) is 67.0 cm³/mol. The van der Waals surface area contributed by atoms with E-state index in [9.17, 15) is 13.2 Å². The van der Waals surface area contributed by atoms with Crippen molar-refractivity contribution in [2.24, 2.45) is 0 Å². The summed E-state index contributed by atoms with van der Waals surface area (Å²) in [4.78, 5) is 0. The average molecular weight is 248 g/mol. The first kappa shape index (κ1) is 12.4. The molecule has 18 heavy (non-hydrogen) atoms. The van der Waals surface area contributed by atoms with E-state index < -0.39 is 11.7 Å². The topological polar surface area (TPSA) is 0 Å². The Morgan fingerprint density at radius 1 is 0.889 bits per heavy atom. The lowest BCUT2D eigenvalue weighted by Gasteiger charge is -2.09. The number of rotatable bonds is 2. The molecule has 0 fully saturated rings. The molecule has 2 aromatic carbocycles. The smallest absolute Gasteiger partial charge is 0.166 e. The van der Waals surface area contributed by atoms with Crippen LogP contribution in [0.5, 0.6) is 0 Å². The van der Waals surface area contributed by atoms with Crippen molar-refractivity contribution in [2.45, 2.75) is 6.18 Å². The first-order valence-corrected chi connectivity index (χ1v) is 5.41. The molecule has 0 saturated carbocycles. The SMILES string of the molecule is C=Cc1ccc(-c2cccc(C(F)(F)F)c2)cc1. The van der Waals surface area contributed by atoms with Gasteiger partial charge in [-0.3, -0.25) is 0 Å². The van der Waals surface area contributed by atoms with E-state index in [0.717, 1.165) is 23.3 Å². The summed E-state index contributed by atoms with van der Waals surface area (Å²) in [5.74, 6) is 0. The molecule has 92 valence electrons. The zero-order chi connectivity index (χ0) is 13.2. The Kier molecular flexibility index (Phi) is 3.24. The van der Waals surface area contributed by atoms with Crippen LogP contribution >= 0.6 is 0 Å². The van der Waals surface area contributed by atoms with Gasteiger partial charge in [0.1, 0.15) is 0 Å². The summed E-state index contributed by atoms with van der Waals surface area (Å²) < 4.78 is 37.8. The minimum atomic E-state index is -4.31. The van der Waals surface area contributed by atoms with Crippen LogP contribution in [-0.4, -0.2) is 0 Å². The van der Waals surface area contributed by atoms with Gasteiger partial charge in [0.2, 0.25) is 0 Å². The van der Waals surface area contributed by atoms with Gasteiger partial charge in [-0.1, -0.05) is 49.1 Å². The van der Waals surface area contributed by atoms with Gasteiger partial charge in [-0.05, 0) is 28.8 Å². The van der Waals surface area contributed by atoms with Gasteiger partial charge in [0.25, 0.3) is 0 Å². The molecule has 3 heteroatoms. The van der Waals surface area contributed by atoms with Crippen LogP contribution in [0.2, 0.25) is 0 Å². The third-order valence-electron chi connectivity index (χ3n) is 2.67. The van der Waals surface area contributed by atoms with Crippen molar-refractivity contribution in [1.82, 2.24) is 0 Å². The highest BCUT2D eigenvalue weighted by Crippen LogP contribution is 2.32. The van der Waals surface area contributed by atoms with Gasteiger partial charge in [0.15, 0.2) is 0 Å². The van der Waals surface area contributed by atoms with E-state index in [-0.39, 0.29) is 0 Å². The second-order valence-electron chi connectivity index (χ2n) is 3.90. The Bertz CT molecular complexity index is 551. The zero-order valence-electron chi connectivity index (χ0n) is 9.54. The minimum absolute atomic E-state index is 0.556. The largest absolute Gasteiger partial charge is 0.416 e. The third-order valence-corrected chi connectivity index (χ3v) is 2.67. The summed E-state index contributed by atoms with van der Waals surface area (Å²) in [6.45, 7) is 3.63. The van der Waals surface area contributed by atoms with Gasteiger partial charge in [-0.2, -0.15) is 13.2 Å². The number of benzene rings is 2. The summed E-state index contributed by atoms with van der Waals surface area (Å²) in [7, 11) is 0. The van der Waals surface area contributed by atoms with Crippen molar-refractivity contribution in [1.29, 1.82) is 0 Å². The number of hydrogen-bond acceptors (Lipinski definition) is 0. The molecule has 0 amide bonds. The van der Waals surface area contributed by atoms with Crippen LogP contribution in [0, 0.1) is 0 Å². The summed E-state index contributed by atoms with van der Waals surface area (Å²) in [5.41, 5.74) is 1.62. The van der Waals surface area contributed by atoms with Gasteiger partial charge in [0.05, 0.1) is 5.56 Å². The fraction of sp³-hybridized carbons (Fsp3) is 0.0667. The Balaban J connectivity index is 2.41. The van der Waals surface area contributed by atoms with Crippen LogP contribution in [0.4, 0.5) is 13.2 Å². The van der Waals surface area contributed by atoms with Crippen LogP contribution in [0.15, 0.2) is 55.1 Å². The molecule has 0 radical (unpaired) electrons. The second kappa shape index (κ2) is 4.69. The molecule has 0 spiro atoms. The number of halogens is 3. The molecule has 0 aromatic heterocycles. The molecule has 0 aliphatic rings. The maximum atomic E-state index is 12.6. The van der Waals surface area contributed by atoms with Crippen molar-refractivity contribution < 1.29 is 13.2 Å². The molecule has 0 aliphatic heterocycles. The van der Waals surface area contributed by atoms with E-state index in [2.05, 4.69) is 6.58 Å². The molecule has 0 unspecified atom stereocenters. The van der Waals surface area contributed by atoms with E-state index in [0.29, 0.717) is 5.56 Å². The maximum Gasteiger partial charge on any atom is 0.416 e. The van der Waals surface area contributed by atoms with E-state index in [1.165, 1.54) is 6.07 Å². The van der Waals surface area contributed by atoms with Crippen LogP contribution in [0.3, 0.4) is 0 Å². The molecular weight excluding hydrogens is 237 g/mol. The molecule has 0 atom stereocenters. The summed E-state index contributed by atoms with van der Waals surface area (Å²) >= 11 is 0. The van der Waals surface area contributed by atoms with Crippen LogP contribution in [0.1, 0.15) is 11.1 Å². The van der Waals surface area contributed by atoms with Crippen molar-refractivity contribution in [2.75, 3.05) is 0 Å². The van der Waals surface area contributed by atoms with Gasteiger partial charge in [0, 0.05) is 0 Å². The molecule has 0 heterocycles. The summed E-state index contributed by atoms with van der Waals surface area (Å²) in [6.07, 6.45) is -2.62. The molecule has 0 aliphatic carbocycles. The lowest BCUT2D eigenvalue weighted by Crippen LogP contribution is -2.04. The Labute approximate surface area is 103 Å². The standard InChI is InChI=1S/C15H11F3/c1-2-11-6-8-12(9-7-11)13-4-3-5-14(10-13)15(16,17)18/h2-10H,1H2. The molecule has 0 bridgehead atoms. The zero-order valence-corrected chi connectivity index (χ0v) is 9.54. The molecule has 2 rings (SSSR count). The van der Waals surface area contributed by atoms with Crippen LogP contribution < -0.4 is 0 Å². The fourth-order valence-corrected chi connectivity index (χ4v) is 1.69. The fourth-order valence-electron chi connectivity index (χ4n) is 1.69. The first-order chi connectivity index (χ1) is 8.50. The summed E-state index contributed by atoms with van der Waals surface area (Å²) in [5, 5.41) is 0.